The van der Waals surface area contributed by atoms with Crippen molar-refractivity contribution in [1.82, 2.24) is 0 Å². The molecule has 0 heterocycles. The number of benzene rings is 2. The Hall–Kier alpha value is -2.54. The second-order valence-electron chi connectivity index (χ2n) is 6.54. The molecule has 0 radical (unpaired) electrons. The van der Waals surface area contributed by atoms with E-state index in [1.807, 2.05) is 0 Å². The predicted molar refractivity (Wildman–Crippen MR) is 103 cm³/mol. The quantitative estimate of drug-likeness (QED) is 0.557. The number of sulfonamides is 1. The molecule has 0 aromatic heterocycles. The number of carbonyl (C=O) groups is 1. The molecular weight excluding hydrogens is 366 g/mol. The Morgan fingerprint density at radius 1 is 0.963 bits per heavy atom. The van der Waals surface area contributed by atoms with E-state index in [0.29, 0.717) is 17.2 Å². The average Bonchev–Trinajstić information content (AvgIpc) is 3.23. The number of hydrogen-bond donors (Lipinski definition) is 0. The number of nitrogens with zero attached hydrogens (tertiary/aromatic N) is 1. The lowest BCUT2D eigenvalue weighted by molar-refractivity contribution is -0.138. The molecule has 3 rings (SSSR count). The first-order chi connectivity index (χ1) is 12.9. The third-order valence-corrected chi connectivity index (χ3v) is 6.62. The highest BCUT2D eigenvalue weighted by Gasteiger charge is 2.25. The van der Waals surface area contributed by atoms with Crippen molar-refractivity contribution in [1.29, 1.82) is 0 Å². The van der Waals surface area contributed by atoms with Gasteiger partial charge in [0.1, 0.15) is 11.5 Å². The van der Waals surface area contributed by atoms with Gasteiger partial charge >= 0.3 is 5.97 Å². The van der Waals surface area contributed by atoms with Gasteiger partial charge < -0.3 is 9.47 Å². The normalized spacial score (nSPS) is 14.7. The van der Waals surface area contributed by atoms with E-state index in [1.54, 1.807) is 36.4 Å². The third kappa shape index (κ3) is 4.24. The van der Waals surface area contributed by atoms with Gasteiger partial charge in [0.25, 0.3) is 10.0 Å². The van der Waals surface area contributed by atoms with Gasteiger partial charge in [0.05, 0.1) is 23.6 Å². The Balaban J connectivity index is 1.72. The molecule has 0 amide bonds. The molecule has 27 heavy (non-hydrogen) atoms. The first-order valence-corrected chi connectivity index (χ1v) is 10.3. The number of carbonyl (C=O) groups excluding carboxylic acids is 1. The summed E-state index contributed by atoms with van der Waals surface area (Å²) >= 11 is 0. The van der Waals surface area contributed by atoms with Crippen molar-refractivity contribution in [2.75, 3.05) is 18.5 Å². The lowest BCUT2D eigenvalue weighted by Gasteiger charge is -2.20. The third-order valence-electron chi connectivity index (χ3n) is 4.83. The summed E-state index contributed by atoms with van der Waals surface area (Å²) in [5, 5.41) is 0. The molecule has 7 heteroatoms. The van der Waals surface area contributed by atoms with E-state index >= 15 is 0 Å². The van der Waals surface area contributed by atoms with Crippen molar-refractivity contribution in [2.45, 2.75) is 30.6 Å². The van der Waals surface area contributed by atoms with Gasteiger partial charge in [0, 0.05) is 7.05 Å². The molecule has 1 saturated carbocycles. The number of ether oxygens (including phenoxy) is 2. The van der Waals surface area contributed by atoms with Crippen LogP contribution in [0, 0.1) is 5.92 Å². The van der Waals surface area contributed by atoms with Gasteiger partial charge in [0.15, 0.2) is 0 Å². The molecule has 1 aliphatic carbocycles. The van der Waals surface area contributed by atoms with Crippen LogP contribution >= 0.6 is 0 Å². The first-order valence-electron chi connectivity index (χ1n) is 8.86. The Bertz CT molecular complexity index is 885. The zero-order valence-electron chi connectivity index (χ0n) is 15.4. The zero-order chi connectivity index (χ0) is 19.4. The summed E-state index contributed by atoms with van der Waals surface area (Å²) in [6.07, 6.45) is 3.87. The summed E-state index contributed by atoms with van der Waals surface area (Å²) < 4.78 is 37.2. The molecule has 1 fully saturated rings. The summed E-state index contributed by atoms with van der Waals surface area (Å²) in [6.45, 7) is 0. The van der Waals surface area contributed by atoms with Crippen molar-refractivity contribution in [2.24, 2.45) is 5.92 Å². The maximum atomic E-state index is 12.8. The maximum Gasteiger partial charge on any atom is 0.314 e. The van der Waals surface area contributed by atoms with Gasteiger partial charge in [-0.25, -0.2) is 8.42 Å². The zero-order valence-corrected chi connectivity index (χ0v) is 16.2. The van der Waals surface area contributed by atoms with Gasteiger partial charge in [-0.2, -0.15) is 0 Å². The summed E-state index contributed by atoms with van der Waals surface area (Å²) in [5.74, 6) is 0.776. The van der Waals surface area contributed by atoms with Gasteiger partial charge in [-0.1, -0.05) is 12.8 Å². The highest BCUT2D eigenvalue weighted by molar-refractivity contribution is 7.92. The van der Waals surface area contributed by atoms with Crippen molar-refractivity contribution < 1.29 is 22.7 Å². The Kier molecular flexibility index (Phi) is 5.70. The highest BCUT2D eigenvalue weighted by atomic mass is 32.2. The molecule has 0 N–H and O–H groups in total. The van der Waals surface area contributed by atoms with Crippen LogP contribution in [0.15, 0.2) is 53.4 Å². The minimum absolute atomic E-state index is 0.0252. The van der Waals surface area contributed by atoms with E-state index in [0.717, 1.165) is 25.7 Å². The van der Waals surface area contributed by atoms with Crippen LogP contribution in [0.5, 0.6) is 11.5 Å². The second kappa shape index (κ2) is 8.00. The number of anilines is 1. The molecular formula is C20H23NO5S. The van der Waals surface area contributed by atoms with E-state index < -0.39 is 10.0 Å². The summed E-state index contributed by atoms with van der Waals surface area (Å²) in [5.41, 5.74) is 0.478. The van der Waals surface area contributed by atoms with E-state index in [-0.39, 0.29) is 16.8 Å². The fraction of sp³-hybridized carbons (Fsp3) is 0.350. The first kappa shape index (κ1) is 19.2. The molecule has 144 valence electrons. The van der Waals surface area contributed by atoms with Gasteiger partial charge in [-0.15, -0.1) is 0 Å². The molecule has 0 atom stereocenters. The fourth-order valence-electron chi connectivity index (χ4n) is 3.13. The molecule has 1 aliphatic rings. The summed E-state index contributed by atoms with van der Waals surface area (Å²) in [4.78, 5) is 12.3. The number of rotatable bonds is 6. The van der Waals surface area contributed by atoms with Gasteiger partial charge in [-0.05, 0) is 61.4 Å². The van der Waals surface area contributed by atoms with Crippen molar-refractivity contribution in [3.63, 3.8) is 0 Å². The Morgan fingerprint density at radius 2 is 1.52 bits per heavy atom. The standard InChI is InChI=1S/C20H23NO5S/c1-21(27(23,24)19-13-11-17(25-2)12-14-19)16-7-9-18(10-8-16)26-20(22)15-5-3-4-6-15/h7-15H,3-6H2,1-2H3. The molecule has 2 aromatic rings. The minimum Gasteiger partial charge on any atom is -0.497 e. The van der Waals surface area contributed by atoms with Crippen molar-refractivity contribution in [3.05, 3.63) is 48.5 Å². The van der Waals surface area contributed by atoms with Gasteiger partial charge in [0.2, 0.25) is 0 Å². The van der Waals surface area contributed by atoms with Gasteiger partial charge in [-0.3, -0.25) is 9.10 Å². The lowest BCUT2D eigenvalue weighted by Crippen LogP contribution is -2.26. The van der Waals surface area contributed by atoms with E-state index in [4.69, 9.17) is 9.47 Å². The summed E-state index contributed by atoms with van der Waals surface area (Å²) in [7, 11) is -0.686. The monoisotopic (exact) mass is 389 g/mol. The maximum absolute atomic E-state index is 12.8. The SMILES string of the molecule is COc1ccc(S(=O)(=O)N(C)c2ccc(OC(=O)C3CCCC3)cc2)cc1. The molecule has 6 nitrogen and oxygen atoms in total. The predicted octanol–water partition coefficient (Wildman–Crippen LogP) is 3.62. The van der Waals surface area contributed by atoms with Crippen LogP contribution in [0.2, 0.25) is 0 Å². The van der Waals surface area contributed by atoms with Crippen LogP contribution in [0.1, 0.15) is 25.7 Å². The topological polar surface area (TPSA) is 72.9 Å². The molecule has 0 aliphatic heterocycles. The molecule has 0 saturated heterocycles. The van der Waals surface area contributed by atoms with Crippen molar-refractivity contribution in [3.8, 4) is 11.5 Å². The van der Waals surface area contributed by atoms with Crippen LogP contribution in [0.25, 0.3) is 0 Å². The molecule has 2 aromatic carbocycles. The molecule has 0 unspecified atom stereocenters. The number of esters is 1. The number of hydrogen-bond acceptors (Lipinski definition) is 5. The smallest absolute Gasteiger partial charge is 0.314 e. The van der Waals surface area contributed by atoms with Crippen molar-refractivity contribution >= 4 is 21.7 Å². The second-order valence-corrected chi connectivity index (χ2v) is 8.51. The fourth-order valence-corrected chi connectivity index (χ4v) is 4.33. The Labute approximate surface area is 159 Å². The van der Waals surface area contributed by atoms with Crippen LogP contribution in [-0.2, 0) is 14.8 Å². The van der Waals surface area contributed by atoms with E-state index in [9.17, 15) is 13.2 Å². The molecule has 0 spiro atoms. The largest absolute Gasteiger partial charge is 0.497 e. The van der Waals surface area contributed by atoms with Crippen LogP contribution in [-0.4, -0.2) is 28.5 Å². The highest BCUT2D eigenvalue weighted by Crippen LogP contribution is 2.28. The van der Waals surface area contributed by atoms with E-state index in [1.165, 1.54) is 30.6 Å². The summed E-state index contributed by atoms with van der Waals surface area (Å²) in [6, 6.07) is 12.7. The Morgan fingerprint density at radius 3 is 2.07 bits per heavy atom. The lowest BCUT2D eigenvalue weighted by atomic mass is 10.1. The van der Waals surface area contributed by atoms with Crippen LogP contribution < -0.4 is 13.8 Å². The van der Waals surface area contributed by atoms with E-state index in [2.05, 4.69) is 0 Å². The van der Waals surface area contributed by atoms with Crippen LogP contribution in [0.3, 0.4) is 0 Å². The van der Waals surface area contributed by atoms with Crippen LogP contribution in [0.4, 0.5) is 5.69 Å². The number of methoxy groups -OCH3 is 1. The minimum atomic E-state index is -3.70. The molecule has 0 bridgehead atoms. The average molecular weight is 389 g/mol.